The summed E-state index contributed by atoms with van der Waals surface area (Å²) < 4.78 is 11.0. The first-order valence-corrected chi connectivity index (χ1v) is 9.39. The number of benzene rings is 1. The van der Waals surface area contributed by atoms with Crippen molar-refractivity contribution < 1.29 is 14.3 Å². The van der Waals surface area contributed by atoms with Crippen LogP contribution in [0.2, 0.25) is 5.02 Å². The molecule has 1 aliphatic rings. The number of hydrogen-bond acceptors (Lipinski definition) is 4. The predicted octanol–water partition coefficient (Wildman–Crippen LogP) is 3.74. The minimum Gasteiger partial charge on any atom is -0.493 e. The molecule has 5 nitrogen and oxygen atoms in total. The first-order valence-electron chi connectivity index (χ1n) is 9.01. The van der Waals surface area contributed by atoms with Crippen molar-refractivity contribution >= 4 is 17.5 Å². The molecule has 1 heterocycles. The Kier molecular flexibility index (Phi) is 7.38. The van der Waals surface area contributed by atoms with Crippen LogP contribution in [-0.4, -0.2) is 49.7 Å². The number of likely N-dealkylation sites (tertiary alicyclic amines) is 1. The molecule has 1 N–H and O–H groups in total. The van der Waals surface area contributed by atoms with Gasteiger partial charge < -0.3 is 19.7 Å². The highest BCUT2D eigenvalue weighted by atomic mass is 35.5. The van der Waals surface area contributed by atoms with Crippen LogP contribution in [0.25, 0.3) is 0 Å². The van der Waals surface area contributed by atoms with Crippen LogP contribution >= 0.6 is 11.6 Å². The Bertz CT molecular complexity index is 584. The fraction of sp³-hybridized carbons (Fsp3) is 0.632. The van der Waals surface area contributed by atoms with Crippen molar-refractivity contribution in [3.63, 3.8) is 0 Å². The van der Waals surface area contributed by atoms with Crippen LogP contribution < -0.4 is 14.8 Å². The van der Waals surface area contributed by atoms with Crippen molar-refractivity contribution in [2.45, 2.75) is 52.1 Å². The number of halogens is 1. The third-order valence-corrected chi connectivity index (χ3v) is 4.82. The van der Waals surface area contributed by atoms with E-state index in [9.17, 15) is 4.79 Å². The molecule has 0 atom stereocenters. The van der Waals surface area contributed by atoms with Crippen LogP contribution in [0, 0.1) is 0 Å². The molecule has 1 aromatic carbocycles. The van der Waals surface area contributed by atoms with Crippen LogP contribution in [0.15, 0.2) is 12.1 Å². The Labute approximate surface area is 155 Å². The van der Waals surface area contributed by atoms with Crippen molar-refractivity contribution in [3.05, 3.63) is 22.7 Å². The molecule has 0 radical (unpaired) electrons. The van der Waals surface area contributed by atoms with Gasteiger partial charge in [0.15, 0.2) is 11.5 Å². The van der Waals surface area contributed by atoms with Gasteiger partial charge in [0.1, 0.15) is 0 Å². The molecule has 1 saturated heterocycles. The van der Waals surface area contributed by atoms with E-state index >= 15 is 0 Å². The SMILES string of the molecule is CCCOc1c(Cl)cc(C(=O)NC2CCN(C(C)C)CC2)cc1OC. The maximum Gasteiger partial charge on any atom is 0.251 e. The molecule has 0 spiro atoms. The zero-order valence-electron chi connectivity index (χ0n) is 15.6. The molecule has 6 heteroatoms. The van der Waals surface area contributed by atoms with Gasteiger partial charge in [0.25, 0.3) is 5.91 Å². The van der Waals surface area contributed by atoms with Gasteiger partial charge in [0, 0.05) is 30.7 Å². The second kappa shape index (κ2) is 9.30. The average molecular weight is 369 g/mol. The minimum absolute atomic E-state index is 0.120. The second-order valence-electron chi connectivity index (χ2n) is 6.72. The molecular formula is C19H29ClN2O3. The van der Waals surface area contributed by atoms with Crippen LogP contribution in [-0.2, 0) is 0 Å². The average Bonchev–Trinajstić information content (AvgIpc) is 2.60. The molecule has 2 rings (SSSR count). The van der Waals surface area contributed by atoms with E-state index in [0.29, 0.717) is 34.7 Å². The summed E-state index contributed by atoms with van der Waals surface area (Å²) in [6, 6.07) is 4.09. The second-order valence-corrected chi connectivity index (χ2v) is 7.12. The summed E-state index contributed by atoms with van der Waals surface area (Å²) in [5, 5.41) is 3.51. The van der Waals surface area contributed by atoms with E-state index in [4.69, 9.17) is 21.1 Å². The topological polar surface area (TPSA) is 50.8 Å². The Balaban J connectivity index is 2.03. The zero-order valence-corrected chi connectivity index (χ0v) is 16.4. The number of rotatable bonds is 7. The van der Waals surface area contributed by atoms with Crippen molar-refractivity contribution in [2.75, 3.05) is 26.8 Å². The Morgan fingerprint density at radius 3 is 2.60 bits per heavy atom. The number of hydrogen-bond donors (Lipinski definition) is 1. The lowest BCUT2D eigenvalue weighted by Gasteiger charge is -2.34. The van der Waals surface area contributed by atoms with E-state index in [1.54, 1.807) is 19.2 Å². The Morgan fingerprint density at radius 2 is 2.04 bits per heavy atom. The lowest BCUT2D eigenvalue weighted by molar-refractivity contribution is 0.0900. The van der Waals surface area contributed by atoms with E-state index in [1.165, 1.54) is 0 Å². The molecule has 0 unspecified atom stereocenters. The van der Waals surface area contributed by atoms with Crippen molar-refractivity contribution in [1.82, 2.24) is 10.2 Å². The van der Waals surface area contributed by atoms with E-state index in [2.05, 4.69) is 24.1 Å². The van der Waals surface area contributed by atoms with E-state index in [-0.39, 0.29) is 11.9 Å². The normalized spacial score (nSPS) is 16.1. The van der Waals surface area contributed by atoms with Crippen LogP contribution in [0.3, 0.4) is 0 Å². The fourth-order valence-electron chi connectivity index (χ4n) is 3.02. The maximum atomic E-state index is 12.6. The standard InChI is InChI=1S/C19H29ClN2O3/c1-5-10-25-18-16(20)11-14(12-17(18)24-4)19(23)21-15-6-8-22(9-7-15)13(2)3/h11-13,15H,5-10H2,1-4H3,(H,21,23). The number of carbonyl (C=O) groups is 1. The minimum atomic E-state index is -0.120. The van der Waals surface area contributed by atoms with E-state index in [1.807, 2.05) is 6.92 Å². The van der Waals surface area contributed by atoms with Gasteiger partial charge in [-0.25, -0.2) is 0 Å². The first-order chi connectivity index (χ1) is 12.0. The highest BCUT2D eigenvalue weighted by Crippen LogP contribution is 2.36. The summed E-state index contributed by atoms with van der Waals surface area (Å²) in [6.45, 7) is 9.00. The van der Waals surface area contributed by atoms with Crippen LogP contribution in [0.5, 0.6) is 11.5 Å². The molecule has 1 amide bonds. The van der Waals surface area contributed by atoms with Gasteiger partial charge in [-0.2, -0.15) is 0 Å². The summed E-state index contributed by atoms with van der Waals surface area (Å²) in [5.41, 5.74) is 0.497. The van der Waals surface area contributed by atoms with Crippen LogP contribution in [0.1, 0.15) is 50.4 Å². The predicted molar refractivity (Wildman–Crippen MR) is 101 cm³/mol. The lowest BCUT2D eigenvalue weighted by Crippen LogP contribution is -2.46. The number of carbonyl (C=O) groups excluding carboxylic acids is 1. The summed E-state index contributed by atoms with van der Waals surface area (Å²) in [5.74, 6) is 0.860. The van der Waals surface area contributed by atoms with Gasteiger partial charge in [-0.1, -0.05) is 18.5 Å². The lowest BCUT2D eigenvalue weighted by atomic mass is 10.0. The molecular weight excluding hydrogens is 340 g/mol. The number of nitrogens with zero attached hydrogens (tertiary/aromatic N) is 1. The summed E-state index contributed by atoms with van der Waals surface area (Å²) in [7, 11) is 1.55. The third kappa shape index (κ3) is 5.25. The molecule has 140 valence electrons. The Morgan fingerprint density at radius 1 is 1.36 bits per heavy atom. The molecule has 25 heavy (non-hydrogen) atoms. The molecule has 0 saturated carbocycles. The van der Waals surface area contributed by atoms with E-state index < -0.39 is 0 Å². The summed E-state index contributed by atoms with van der Waals surface area (Å²) in [6.07, 6.45) is 2.80. The molecule has 1 aromatic rings. The largest absolute Gasteiger partial charge is 0.493 e. The van der Waals surface area contributed by atoms with Crippen LogP contribution in [0.4, 0.5) is 0 Å². The number of amides is 1. The first kappa shape index (κ1) is 19.9. The maximum absolute atomic E-state index is 12.6. The molecule has 1 aliphatic heterocycles. The highest BCUT2D eigenvalue weighted by Gasteiger charge is 2.23. The van der Waals surface area contributed by atoms with Crippen molar-refractivity contribution in [2.24, 2.45) is 0 Å². The quantitative estimate of drug-likeness (QED) is 0.796. The van der Waals surface area contributed by atoms with Crippen molar-refractivity contribution in [3.8, 4) is 11.5 Å². The number of ether oxygens (including phenoxy) is 2. The van der Waals surface area contributed by atoms with Gasteiger partial charge in [-0.05, 0) is 45.2 Å². The van der Waals surface area contributed by atoms with E-state index in [0.717, 1.165) is 32.4 Å². The highest BCUT2D eigenvalue weighted by molar-refractivity contribution is 6.32. The Hall–Kier alpha value is -1.46. The van der Waals surface area contributed by atoms with Gasteiger partial charge in [-0.15, -0.1) is 0 Å². The van der Waals surface area contributed by atoms with Crippen molar-refractivity contribution in [1.29, 1.82) is 0 Å². The molecule has 0 bridgehead atoms. The number of methoxy groups -OCH3 is 1. The fourth-order valence-corrected chi connectivity index (χ4v) is 3.29. The molecule has 1 fully saturated rings. The van der Waals surface area contributed by atoms with Gasteiger partial charge in [-0.3, -0.25) is 4.79 Å². The molecule has 0 aromatic heterocycles. The van der Waals surface area contributed by atoms with Gasteiger partial charge in [0.05, 0.1) is 18.7 Å². The van der Waals surface area contributed by atoms with Gasteiger partial charge in [0.2, 0.25) is 0 Å². The number of nitrogens with one attached hydrogen (secondary N) is 1. The zero-order chi connectivity index (χ0) is 18.4. The number of piperidine rings is 1. The smallest absolute Gasteiger partial charge is 0.251 e. The third-order valence-electron chi connectivity index (χ3n) is 4.54. The summed E-state index contributed by atoms with van der Waals surface area (Å²) in [4.78, 5) is 15.0. The monoisotopic (exact) mass is 368 g/mol. The molecule has 0 aliphatic carbocycles. The summed E-state index contributed by atoms with van der Waals surface area (Å²) >= 11 is 6.30. The van der Waals surface area contributed by atoms with Gasteiger partial charge >= 0.3 is 0 Å².